The lowest BCUT2D eigenvalue weighted by molar-refractivity contribution is 0.0672. The van der Waals surface area contributed by atoms with Crippen molar-refractivity contribution in [1.29, 1.82) is 0 Å². The maximum atomic E-state index is 13.8. The number of fused-ring (bicyclic) bond motifs is 1. The molecule has 0 unspecified atom stereocenters. The fraction of sp³-hybridized carbons (Fsp3) is 0.357. The molecule has 0 bridgehead atoms. The molecule has 6 heteroatoms. The summed E-state index contributed by atoms with van der Waals surface area (Å²) in [5.74, 6) is -0.557. The van der Waals surface area contributed by atoms with Crippen LogP contribution in [-0.4, -0.2) is 40.1 Å². The van der Waals surface area contributed by atoms with Crippen LogP contribution in [-0.2, 0) is 0 Å². The van der Waals surface area contributed by atoms with E-state index < -0.39 is 0 Å². The molecule has 2 aromatic rings. The Bertz CT molecular complexity index is 670. The van der Waals surface area contributed by atoms with Crippen LogP contribution in [0.25, 0.3) is 10.9 Å². The normalized spacial score (nSPS) is 18.9. The number of nitrogens with one attached hydrogen (secondary N) is 1. The predicted octanol–water partition coefficient (Wildman–Crippen LogP) is 2.67. The predicted molar refractivity (Wildman–Crippen MR) is 77.1 cm³/mol. The summed E-state index contributed by atoms with van der Waals surface area (Å²) < 4.78 is 14.5. The fourth-order valence-electron chi connectivity index (χ4n) is 2.72. The van der Waals surface area contributed by atoms with Crippen LogP contribution in [0.15, 0.2) is 22.7 Å². The third-order valence-electron chi connectivity index (χ3n) is 3.73. The molecule has 106 valence electrons. The van der Waals surface area contributed by atoms with Crippen LogP contribution in [0.2, 0.25) is 0 Å². The molecule has 1 saturated heterocycles. The van der Waals surface area contributed by atoms with Crippen LogP contribution in [0, 0.1) is 5.82 Å². The van der Waals surface area contributed by atoms with Crippen molar-refractivity contribution >= 4 is 32.7 Å². The van der Waals surface area contributed by atoms with Crippen molar-refractivity contribution in [3.05, 3.63) is 34.2 Å². The van der Waals surface area contributed by atoms with Crippen LogP contribution in [0.1, 0.15) is 23.3 Å². The molecule has 0 aliphatic carbocycles. The number of carbonyl (C=O) groups is 1. The van der Waals surface area contributed by atoms with E-state index in [1.54, 1.807) is 11.0 Å². The molecule has 1 aromatic carbocycles. The Labute approximate surface area is 123 Å². The molecule has 1 aliphatic heterocycles. The summed E-state index contributed by atoms with van der Waals surface area (Å²) in [6, 6.07) is 4.51. The van der Waals surface area contributed by atoms with Gasteiger partial charge in [0.15, 0.2) is 0 Å². The van der Waals surface area contributed by atoms with Crippen molar-refractivity contribution in [1.82, 2.24) is 9.88 Å². The summed E-state index contributed by atoms with van der Waals surface area (Å²) in [7, 11) is 0. The molecule has 2 heterocycles. The van der Waals surface area contributed by atoms with Gasteiger partial charge < -0.3 is 15.0 Å². The number of halogens is 2. The standard InChI is InChI=1S/C14H14BrFN2O2/c15-8-4-11(16)10-6-13(17-12(10)5-8)14(20)18-3-1-2-9(18)7-19/h4-6,9,17,19H,1-3,7H2/t9-/m1/s1. The molecule has 1 aromatic heterocycles. The summed E-state index contributed by atoms with van der Waals surface area (Å²) in [6.07, 6.45) is 1.69. The van der Waals surface area contributed by atoms with Gasteiger partial charge in [-0.15, -0.1) is 0 Å². The minimum Gasteiger partial charge on any atom is -0.394 e. The molecule has 20 heavy (non-hydrogen) atoms. The molecular formula is C14H14BrFN2O2. The van der Waals surface area contributed by atoms with Crippen LogP contribution in [0.4, 0.5) is 4.39 Å². The average Bonchev–Trinajstić information content (AvgIpc) is 3.03. The molecule has 1 fully saturated rings. The number of amides is 1. The second-order valence-corrected chi connectivity index (χ2v) is 5.92. The Morgan fingerprint density at radius 2 is 2.30 bits per heavy atom. The summed E-state index contributed by atoms with van der Waals surface area (Å²) in [4.78, 5) is 17.0. The number of likely N-dealkylation sites (tertiary alicyclic amines) is 1. The number of aliphatic hydroxyl groups excluding tert-OH is 1. The number of hydrogen-bond donors (Lipinski definition) is 2. The second-order valence-electron chi connectivity index (χ2n) is 5.01. The highest BCUT2D eigenvalue weighted by Crippen LogP contribution is 2.26. The van der Waals surface area contributed by atoms with E-state index in [9.17, 15) is 14.3 Å². The number of benzene rings is 1. The van der Waals surface area contributed by atoms with E-state index in [0.29, 0.717) is 27.6 Å². The van der Waals surface area contributed by atoms with E-state index in [-0.39, 0.29) is 24.4 Å². The Morgan fingerprint density at radius 1 is 1.50 bits per heavy atom. The SMILES string of the molecule is O=C(c1cc2c(F)cc(Br)cc2[nH]1)N1CCC[C@@H]1CO. The van der Waals surface area contributed by atoms with Gasteiger partial charge in [0.1, 0.15) is 11.5 Å². The molecule has 0 saturated carbocycles. The Kier molecular flexibility index (Phi) is 3.52. The molecule has 2 N–H and O–H groups in total. The number of aromatic amines is 1. The summed E-state index contributed by atoms with van der Waals surface area (Å²) in [5, 5.41) is 9.68. The van der Waals surface area contributed by atoms with Crippen molar-refractivity contribution < 1.29 is 14.3 Å². The molecule has 3 rings (SSSR count). The van der Waals surface area contributed by atoms with Crippen molar-refractivity contribution in [2.75, 3.05) is 13.2 Å². The van der Waals surface area contributed by atoms with E-state index in [4.69, 9.17) is 0 Å². The number of rotatable bonds is 2. The Morgan fingerprint density at radius 3 is 3.05 bits per heavy atom. The van der Waals surface area contributed by atoms with Crippen molar-refractivity contribution in [2.24, 2.45) is 0 Å². The van der Waals surface area contributed by atoms with Crippen LogP contribution in [0.5, 0.6) is 0 Å². The third-order valence-corrected chi connectivity index (χ3v) is 4.19. The molecule has 1 amide bonds. The monoisotopic (exact) mass is 340 g/mol. The van der Waals surface area contributed by atoms with Crippen molar-refractivity contribution in [3.63, 3.8) is 0 Å². The van der Waals surface area contributed by atoms with Gasteiger partial charge in [-0.1, -0.05) is 15.9 Å². The van der Waals surface area contributed by atoms with Crippen molar-refractivity contribution in [2.45, 2.75) is 18.9 Å². The van der Waals surface area contributed by atoms with E-state index in [1.807, 2.05) is 0 Å². The van der Waals surface area contributed by atoms with Gasteiger partial charge >= 0.3 is 0 Å². The second kappa shape index (κ2) is 5.18. The number of H-pyrrole nitrogens is 1. The number of aliphatic hydroxyl groups is 1. The first-order valence-electron chi connectivity index (χ1n) is 6.49. The topological polar surface area (TPSA) is 56.3 Å². The molecular weight excluding hydrogens is 327 g/mol. The molecule has 1 atom stereocenters. The maximum Gasteiger partial charge on any atom is 0.270 e. The number of aromatic nitrogens is 1. The fourth-order valence-corrected chi connectivity index (χ4v) is 3.15. The zero-order chi connectivity index (χ0) is 14.3. The van der Waals surface area contributed by atoms with Crippen LogP contribution < -0.4 is 0 Å². The summed E-state index contributed by atoms with van der Waals surface area (Å²) >= 11 is 3.23. The Hall–Kier alpha value is -1.40. The lowest BCUT2D eigenvalue weighted by atomic mass is 10.2. The van der Waals surface area contributed by atoms with Gasteiger partial charge in [-0.2, -0.15) is 0 Å². The highest BCUT2D eigenvalue weighted by Gasteiger charge is 2.29. The zero-order valence-corrected chi connectivity index (χ0v) is 12.3. The largest absolute Gasteiger partial charge is 0.394 e. The van der Waals surface area contributed by atoms with Crippen molar-refractivity contribution in [3.8, 4) is 0 Å². The van der Waals surface area contributed by atoms with E-state index >= 15 is 0 Å². The van der Waals surface area contributed by atoms with Gasteiger partial charge in [-0.05, 0) is 31.0 Å². The van der Waals surface area contributed by atoms with Crippen LogP contribution >= 0.6 is 15.9 Å². The lowest BCUT2D eigenvalue weighted by Gasteiger charge is -2.22. The molecule has 4 nitrogen and oxygen atoms in total. The number of carbonyl (C=O) groups excluding carboxylic acids is 1. The average molecular weight is 341 g/mol. The highest BCUT2D eigenvalue weighted by atomic mass is 79.9. The van der Waals surface area contributed by atoms with Gasteiger partial charge in [0.05, 0.1) is 18.2 Å². The smallest absolute Gasteiger partial charge is 0.270 e. The summed E-state index contributed by atoms with van der Waals surface area (Å²) in [6.45, 7) is 0.595. The Balaban J connectivity index is 1.98. The first-order valence-corrected chi connectivity index (χ1v) is 7.29. The minimum atomic E-state index is -0.371. The quantitative estimate of drug-likeness (QED) is 0.882. The first kappa shape index (κ1) is 13.6. The maximum absolute atomic E-state index is 13.8. The van der Waals surface area contributed by atoms with Gasteiger partial charge in [-0.25, -0.2) is 4.39 Å². The van der Waals surface area contributed by atoms with E-state index in [0.717, 1.165) is 12.8 Å². The van der Waals surface area contributed by atoms with Gasteiger partial charge in [-0.3, -0.25) is 4.79 Å². The summed E-state index contributed by atoms with van der Waals surface area (Å²) in [5.41, 5.74) is 0.942. The van der Waals surface area contributed by atoms with Gasteiger partial charge in [0, 0.05) is 16.4 Å². The number of hydrogen-bond acceptors (Lipinski definition) is 2. The lowest BCUT2D eigenvalue weighted by Crippen LogP contribution is -2.37. The minimum absolute atomic E-state index is 0.0358. The van der Waals surface area contributed by atoms with Gasteiger partial charge in [0.25, 0.3) is 5.91 Å². The van der Waals surface area contributed by atoms with E-state index in [2.05, 4.69) is 20.9 Å². The third kappa shape index (κ3) is 2.23. The zero-order valence-electron chi connectivity index (χ0n) is 10.7. The van der Waals surface area contributed by atoms with Gasteiger partial charge in [0.2, 0.25) is 0 Å². The number of nitrogens with zero attached hydrogens (tertiary/aromatic N) is 1. The van der Waals surface area contributed by atoms with E-state index in [1.165, 1.54) is 12.1 Å². The molecule has 0 spiro atoms. The molecule has 1 aliphatic rings. The highest BCUT2D eigenvalue weighted by molar-refractivity contribution is 9.10. The first-order chi connectivity index (χ1) is 9.60. The molecule has 0 radical (unpaired) electrons. The van der Waals surface area contributed by atoms with Crippen LogP contribution in [0.3, 0.4) is 0 Å².